The van der Waals surface area contributed by atoms with Crippen LogP contribution in [0.4, 0.5) is 0 Å². The van der Waals surface area contributed by atoms with Gasteiger partial charge in [-0.15, -0.1) is 0 Å². The van der Waals surface area contributed by atoms with Crippen LogP contribution >= 0.6 is 11.8 Å². The molecule has 5 atom stereocenters. The Balaban J connectivity index is 1.83. The van der Waals surface area contributed by atoms with Crippen molar-refractivity contribution in [1.29, 1.82) is 0 Å². The number of carbonyl (C=O) groups is 2. The van der Waals surface area contributed by atoms with Crippen molar-refractivity contribution < 1.29 is 23.8 Å². The lowest BCUT2D eigenvalue weighted by molar-refractivity contribution is -0.169. The molecule has 0 N–H and O–H groups in total. The molecule has 1 aromatic rings. The third-order valence-corrected chi connectivity index (χ3v) is 4.81. The molecular formula is C15H16O5S. The summed E-state index contributed by atoms with van der Waals surface area (Å²) in [4.78, 5) is 24.1. The molecule has 6 heteroatoms. The first-order chi connectivity index (χ1) is 10.1. The molecule has 1 aromatic carbocycles. The summed E-state index contributed by atoms with van der Waals surface area (Å²) in [7, 11) is 0. The first-order valence-corrected chi connectivity index (χ1v) is 7.69. The van der Waals surface area contributed by atoms with Gasteiger partial charge in [-0.2, -0.15) is 0 Å². The van der Waals surface area contributed by atoms with Gasteiger partial charge in [-0.25, -0.2) is 4.79 Å². The number of thioether (sulfide) groups is 1. The minimum absolute atomic E-state index is 0.116. The van der Waals surface area contributed by atoms with Gasteiger partial charge in [0.1, 0.15) is 11.5 Å². The molecular weight excluding hydrogens is 292 g/mol. The van der Waals surface area contributed by atoms with Crippen LogP contribution in [0.25, 0.3) is 0 Å². The Morgan fingerprint density at radius 3 is 2.67 bits per heavy atom. The molecule has 2 aliphatic rings. The highest BCUT2D eigenvalue weighted by molar-refractivity contribution is 7.99. The third kappa shape index (κ3) is 2.78. The quantitative estimate of drug-likeness (QED) is 0.796. The van der Waals surface area contributed by atoms with E-state index < -0.39 is 29.7 Å². The second-order valence-corrected chi connectivity index (χ2v) is 6.36. The molecule has 0 aromatic heterocycles. The minimum Gasteiger partial charge on any atom is -0.456 e. The van der Waals surface area contributed by atoms with Crippen LogP contribution in [0.15, 0.2) is 35.2 Å². The van der Waals surface area contributed by atoms with Gasteiger partial charge in [0, 0.05) is 17.7 Å². The molecule has 0 spiro atoms. The zero-order chi connectivity index (χ0) is 15.0. The van der Waals surface area contributed by atoms with Crippen molar-refractivity contribution in [2.45, 2.75) is 42.5 Å². The molecule has 21 heavy (non-hydrogen) atoms. The predicted molar refractivity (Wildman–Crippen MR) is 75.6 cm³/mol. The third-order valence-electron chi connectivity index (χ3n) is 3.65. The van der Waals surface area contributed by atoms with Gasteiger partial charge in [0.2, 0.25) is 0 Å². The Labute approximate surface area is 126 Å². The van der Waals surface area contributed by atoms with Crippen LogP contribution in [0.2, 0.25) is 0 Å². The molecule has 2 unspecified atom stereocenters. The van der Waals surface area contributed by atoms with E-state index in [4.69, 9.17) is 14.2 Å². The summed E-state index contributed by atoms with van der Waals surface area (Å²) < 4.78 is 16.5. The number of hydrogen-bond acceptors (Lipinski definition) is 6. The Kier molecular flexibility index (Phi) is 3.91. The first-order valence-electron chi connectivity index (χ1n) is 6.81. The summed E-state index contributed by atoms with van der Waals surface area (Å²) >= 11 is 1.43. The van der Waals surface area contributed by atoms with E-state index in [9.17, 15) is 9.59 Å². The number of carbonyl (C=O) groups excluding carboxylic acids is 2. The van der Waals surface area contributed by atoms with Crippen LogP contribution in [0, 0.1) is 5.92 Å². The molecule has 2 aliphatic heterocycles. The molecule has 2 heterocycles. The van der Waals surface area contributed by atoms with E-state index in [1.165, 1.54) is 18.7 Å². The number of rotatable bonds is 3. The van der Waals surface area contributed by atoms with Gasteiger partial charge in [-0.05, 0) is 12.1 Å². The summed E-state index contributed by atoms with van der Waals surface area (Å²) in [5, 5.41) is 0. The van der Waals surface area contributed by atoms with Gasteiger partial charge in [-0.3, -0.25) is 4.79 Å². The van der Waals surface area contributed by atoms with Crippen molar-refractivity contribution in [1.82, 2.24) is 0 Å². The summed E-state index contributed by atoms with van der Waals surface area (Å²) in [5.41, 5.74) is -0.450. The topological polar surface area (TPSA) is 61.8 Å². The fraction of sp³-hybridized carbons (Fsp3) is 0.467. The van der Waals surface area contributed by atoms with E-state index >= 15 is 0 Å². The molecule has 0 radical (unpaired) electrons. The molecule has 0 saturated carbocycles. The molecule has 3 rings (SSSR count). The lowest BCUT2D eigenvalue weighted by Crippen LogP contribution is -2.49. The van der Waals surface area contributed by atoms with Gasteiger partial charge >= 0.3 is 11.9 Å². The van der Waals surface area contributed by atoms with E-state index in [2.05, 4.69) is 0 Å². The Morgan fingerprint density at radius 2 is 2.00 bits per heavy atom. The minimum atomic E-state index is -0.592. The van der Waals surface area contributed by atoms with Crippen LogP contribution in [0.1, 0.15) is 13.8 Å². The number of fused-ring (bicyclic) bond motifs is 2. The fourth-order valence-electron chi connectivity index (χ4n) is 2.66. The van der Waals surface area contributed by atoms with Crippen molar-refractivity contribution in [2.75, 3.05) is 0 Å². The summed E-state index contributed by atoms with van der Waals surface area (Å²) in [6, 6.07) is 9.66. The molecule has 2 saturated heterocycles. The Bertz CT molecular complexity index is 546. The van der Waals surface area contributed by atoms with Crippen molar-refractivity contribution in [3.63, 3.8) is 0 Å². The second kappa shape index (κ2) is 5.69. The number of hydrogen-bond donors (Lipinski definition) is 0. The highest BCUT2D eigenvalue weighted by atomic mass is 32.2. The zero-order valence-electron chi connectivity index (χ0n) is 11.7. The number of ether oxygens (including phenoxy) is 3. The fourth-order valence-corrected chi connectivity index (χ4v) is 3.76. The highest BCUT2D eigenvalue weighted by Gasteiger charge is 2.56. The van der Waals surface area contributed by atoms with Gasteiger partial charge in [0.25, 0.3) is 0 Å². The van der Waals surface area contributed by atoms with E-state index in [1.807, 2.05) is 37.3 Å². The molecule has 0 aliphatic carbocycles. The number of esters is 2. The Morgan fingerprint density at radius 1 is 1.29 bits per heavy atom. The van der Waals surface area contributed by atoms with Crippen LogP contribution in [0.5, 0.6) is 0 Å². The van der Waals surface area contributed by atoms with Crippen molar-refractivity contribution in [2.24, 2.45) is 5.92 Å². The van der Waals surface area contributed by atoms with Gasteiger partial charge in [-0.1, -0.05) is 36.9 Å². The zero-order valence-corrected chi connectivity index (χ0v) is 12.5. The van der Waals surface area contributed by atoms with Gasteiger partial charge in [0.15, 0.2) is 12.2 Å². The van der Waals surface area contributed by atoms with E-state index in [1.54, 1.807) is 0 Å². The molecule has 2 fully saturated rings. The molecule has 112 valence electrons. The lowest BCUT2D eigenvalue weighted by Gasteiger charge is -2.36. The predicted octanol–water partition coefficient (Wildman–Crippen LogP) is 2.00. The van der Waals surface area contributed by atoms with Crippen LogP contribution < -0.4 is 0 Å². The second-order valence-electron chi connectivity index (χ2n) is 5.19. The molecule has 5 nitrogen and oxygen atoms in total. The highest BCUT2D eigenvalue weighted by Crippen LogP contribution is 2.42. The summed E-state index contributed by atoms with van der Waals surface area (Å²) in [6.07, 6.45) is -1.62. The van der Waals surface area contributed by atoms with E-state index in [0.717, 1.165) is 4.90 Å². The first kappa shape index (κ1) is 14.4. The van der Waals surface area contributed by atoms with Crippen molar-refractivity contribution in [3.8, 4) is 0 Å². The van der Waals surface area contributed by atoms with Crippen LogP contribution in [-0.2, 0) is 23.8 Å². The summed E-state index contributed by atoms with van der Waals surface area (Å²) in [5.74, 6) is -0.897. The van der Waals surface area contributed by atoms with E-state index in [0.29, 0.717) is 0 Å². The van der Waals surface area contributed by atoms with Crippen LogP contribution in [-0.4, -0.2) is 35.7 Å². The van der Waals surface area contributed by atoms with Gasteiger partial charge in [0.05, 0.1) is 0 Å². The number of benzene rings is 1. The Hall–Kier alpha value is -1.53. The average Bonchev–Trinajstić information content (AvgIpc) is 2.64. The SMILES string of the molecule is CC(=O)O[C@H]1C2OC(=O)C(O[C@H]1Sc1ccccc1)[C@H]2C. The maximum Gasteiger partial charge on any atom is 0.336 e. The molecule has 2 bridgehead atoms. The van der Waals surface area contributed by atoms with Crippen LogP contribution in [0.3, 0.4) is 0 Å². The lowest BCUT2D eigenvalue weighted by atomic mass is 9.94. The monoisotopic (exact) mass is 308 g/mol. The van der Waals surface area contributed by atoms with Crippen molar-refractivity contribution in [3.05, 3.63) is 30.3 Å². The van der Waals surface area contributed by atoms with Gasteiger partial charge < -0.3 is 14.2 Å². The standard InChI is InChI=1S/C15H16O5S/c1-8-11-13(18-9(2)16)15(20-12(8)14(17)19-11)21-10-6-4-3-5-7-10/h3-8,11-13,15H,1-2H3/t8-,11?,12?,13-,15-/m0/s1. The largest absolute Gasteiger partial charge is 0.456 e. The molecule has 0 amide bonds. The van der Waals surface area contributed by atoms with E-state index in [-0.39, 0.29) is 11.9 Å². The maximum atomic E-state index is 11.8. The maximum absolute atomic E-state index is 11.8. The normalized spacial score (nSPS) is 34.4. The smallest absolute Gasteiger partial charge is 0.336 e. The van der Waals surface area contributed by atoms with Crippen molar-refractivity contribution >= 4 is 23.7 Å². The average molecular weight is 308 g/mol. The summed E-state index contributed by atoms with van der Waals surface area (Å²) in [6.45, 7) is 3.22.